The minimum atomic E-state index is -0.137. The van der Waals surface area contributed by atoms with E-state index in [-0.39, 0.29) is 12.4 Å². The Bertz CT molecular complexity index is 1370. The van der Waals surface area contributed by atoms with Crippen LogP contribution < -0.4 is 15.0 Å². The number of methoxy groups -OCH3 is 1. The van der Waals surface area contributed by atoms with E-state index < -0.39 is 0 Å². The van der Waals surface area contributed by atoms with Gasteiger partial charge in [-0.05, 0) is 43.0 Å². The molecule has 2 aromatic heterocycles. The third-order valence-electron chi connectivity index (χ3n) is 5.28. The van der Waals surface area contributed by atoms with E-state index in [0.717, 1.165) is 5.56 Å². The molecule has 0 spiro atoms. The van der Waals surface area contributed by atoms with Gasteiger partial charge in [-0.15, -0.1) is 11.8 Å². The van der Waals surface area contributed by atoms with Crippen LogP contribution in [0.5, 0.6) is 11.5 Å². The third-order valence-corrected chi connectivity index (χ3v) is 6.99. The fourth-order valence-electron chi connectivity index (χ4n) is 3.56. The first kappa shape index (κ1) is 22.8. The molecule has 0 fully saturated rings. The van der Waals surface area contributed by atoms with E-state index in [1.807, 2.05) is 30.5 Å². The van der Waals surface area contributed by atoms with Crippen LogP contribution in [0.3, 0.4) is 0 Å². The van der Waals surface area contributed by atoms with Crippen LogP contribution in [-0.2, 0) is 17.0 Å². The van der Waals surface area contributed by atoms with Crippen molar-refractivity contribution in [1.82, 2.24) is 19.7 Å². The topological polar surface area (TPSA) is 102 Å². The van der Waals surface area contributed by atoms with Gasteiger partial charge in [0.2, 0.25) is 18.5 Å². The molecule has 0 N–H and O–H groups in total. The quantitative estimate of drug-likeness (QED) is 0.189. The number of nitrogens with zero attached hydrogens (tertiary/aromatic N) is 4. The molecule has 0 atom stereocenters. The average Bonchev–Trinajstić information content (AvgIpc) is 3.53. The smallest absolute Gasteiger partial charge is 0.262 e. The highest BCUT2D eigenvalue weighted by atomic mass is 32.2. The van der Waals surface area contributed by atoms with Gasteiger partial charge in [0, 0.05) is 36.8 Å². The molecule has 1 aliphatic heterocycles. The Hall–Kier alpha value is -3.02. The van der Waals surface area contributed by atoms with Crippen molar-refractivity contribution < 1.29 is 18.7 Å². The zero-order chi connectivity index (χ0) is 23.5. The van der Waals surface area contributed by atoms with Crippen LogP contribution in [0.4, 0.5) is 0 Å². The molecule has 0 bridgehead atoms. The van der Waals surface area contributed by atoms with Crippen LogP contribution in [0.2, 0.25) is 0 Å². The third kappa shape index (κ3) is 4.63. The first-order valence-electron chi connectivity index (χ1n) is 10.6. The second-order valence-corrected chi connectivity index (χ2v) is 9.27. The number of hydrogen-bond acceptors (Lipinski definition) is 10. The Labute approximate surface area is 203 Å². The minimum Gasteiger partial charge on any atom is -0.454 e. The summed E-state index contributed by atoms with van der Waals surface area (Å²) in [5.41, 5.74) is 1.30. The van der Waals surface area contributed by atoms with E-state index in [2.05, 4.69) is 10.1 Å². The highest BCUT2D eigenvalue weighted by Crippen LogP contribution is 2.35. The van der Waals surface area contributed by atoms with Crippen molar-refractivity contribution in [3.63, 3.8) is 0 Å². The second-order valence-electron chi connectivity index (χ2n) is 7.45. The molecule has 0 saturated carbocycles. The van der Waals surface area contributed by atoms with Gasteiger partial charge >= 0.3 is 0 Å². The van der Waals surface area contributed by atoms with Crippen molar-refractivity contribution in [1.29, 1.82) is 0 Å². The van der Waals surface area contributed by atoms with Gasteiger partial charge in [0.25, 0.3) is 5.56 Å². The van der Waals surface area contributed by atoms with Gasteiger partial charge in [-0.25, -0.2) is 4.98 Å². The Balaban J connectivity index is 1.42. The Morgan fingerprint density at radius 3 is 2.68 bits per heavy atom. The van der Waals surface area contributed by atoms with E-state index in [1.54, 1.807) is 35.6 Å². The van der Waals surface area contributed by atoms with Crippen molar-refractivity contribution in [2.24, 2.45) is 0 Å². The fraction of sp³-hybridized carbons (Fsp3) is 0.304. The molecule has 0 unspecified atom stereocenters. The van der Waals surface area contributed by atoms with E-state index >= 15 is 0 Å². The SMILES string of the molecule is COCCCn1c(SCc2nc(-c3ccc(SC)cc3)no2)nc2cc3c(cc2c1=O)OCO3. The summed E-state index contributed by atoms with van der Waals surface area (Å²) in [4.78, 5) is 23.7. The van der Waals surface area contributed by atoms with Crippen LogP contribution in [0.15, 0.2) is 55.8 Å². The molecule has 0 radical (unpaired) electrons. The lowest BCUT2D eigenvalue weighted by Crippen LogP contribution is -2.24. The Morgan fingerprint density at radius 2 is 1.91 bits per heavy atom. The van der Waals surface area contributed by atoms with Gasteiger partial charge in [0.15, 0.2) is 16.7 Å². The summed E-state index contributed by atoms with van der Waals surface area (Å²) in [6.07, 6.45) is 2.71. The van der Waals surface area contributed by atoms with Gasteiger partial charge in [0.05, 0.1) is 16.7 Å². The fourth-order valence-corrected chi connectivity index (χ4v) is 4.83. The van der Waals surface area contributed by atoms with Crippen molar-refractivity contribution >= 4 is 34.4 Å². The monoisotopic (exact) mass is 498 g/mol. The molecule has 2 aromatic carbocycles. The molecule has 11 heteroatoms. The second kappa shape index (κ2) is 10.1. The van der Waals surface area contributed by atoms with E-state index in [0.29, 0.717) is 64.6 Å². The Kier molecular flexibility index (Phi) is 6.75. The number of thioether (sulfide) groups is 2. The molecular weight excluding hydrogens is 476 g/mol. The number of ether oxygens (including phenoxy) is 3. The summed E-state index contributed by atoms with van der Waals surface area (Å²) in [6, 6.07) is 11.4. The molecule has 0 aliphatic carbocycles. The van der Waals surface area contributed by atoms with Gasteiger partial charge < -0.3 is 18.7 Å². The molecule has 34 heavy (non-hydrogen) atoms. The standard InChI is InChI=1S/C23H22N4O5S2/c1-29-9-3-8-27-22(28)16-10-18-19(31-13-30-18)11-17(16)24-23(27)34-12-20-25-21(26-32-20)14-4-6-15(33-2)7-5-14/h4-7,10-11H,3,8-9,12-13H2,1-2H3. The van der Waals surface area contributed by atoms with Crippen molar-refractivity contribution in [3.05, 3.63) is 52.6 Å². The summed E-state index contributed by atoms with van der Waals surface area (Å²) in [6.45, 7) is 1.15. The van der Waals surface area contributed by atoms with Crippen LogP contribution in [-0.4, -0.2) is 46.5 Å². The summed E-state index contributed by atoms with van der Waals surface area (Å²) >= 11 is 3.05. The highest BCUT2D eigenvalue weighted by molar-refractivity contribution is 7.98. The normalized spacial score (nSPS) is 12.5. The minimum absolute atomic E-state index is 0.134. The molecular formula is C23H22N4O5S2. The lowest BCUT2D eigenvalue weighted by Gasteiger charge is -2.12. The number of rotatable bonds is 9. The molecule has 0 saturated heterocycles. The van der Waals surface area contributed by atoms with Crippen LogP contribution in [0, 0.1) is 0 Å². The maximum Gasteiger partial charge on any atom is 0.262 e. The van der Waals surface area contributed by atoms with E-state index in [4.69, 9.17) is 23.7 Å². The number of fused-ring (bicyclic) bond motifs is 2. The largest absolute Gasteiger partial charge is 0.454 e. The predicted octanol–water partition coefficient (Wildman–Crippen LogP) is 4.23. The van der Waals surface area contributed by atoms with Crippen molar-refractivity contribution in [2.75, 3.05) is 26.8 Å². The van der Waals surface area contributed by atoms with Crippen LogP contribution >= 0.6 is 23.5 Å². The molecule has 5 rings (SSSR count). The Morgan fingerprint density at radius 1 is 1.12 bits per heavy atom. The lowest BCUT2D eigenvalue weighted by molar-refractivity contribution is 0.174. The van der Waals surface area contributed by atoms with Gasteiger partial charge in [0.1, 0.15) is 0 Å². The van der Waals surface area contributed by atoms with E-state index in [9.17, 15) is 4.79 Å². The first-order chi connectivity index (χ1) is 16.7. The molecule has 1 aliphatic rings. The maximum atomic E-state index is 13.3. The van der Waals surface area contributed by atoms with Crippen molar-refractivity contribution in [2.45, 2.75) is 28.8 Å². The molecule has 4 aromatic rings. The zero-order valence-electron chi connectivity index (χ0n) is 18.6. The summed E-state index contributed by atoms with van der Waals surface area (Å²) in [7, 11) is 1.64. The summed E-state index contributed by atoms with van der Waals surface area (Å²) in [5, 5.41) is 5.15. The zero-order valence-corrected chi connectivity index (χ0v) is 20.3. The summed E-state index contributed by atoms with van der Waals surface area (Å²) in [5.74, 6) is 2.50. The maximum absolute atomic E-state index is 13.3. The number of hydrogen-bond donors (Lipinski definition) is 0. The lowest BCUT2D eigenvalue weighted by atomic mass is 10.2. The molecule has 176 valence electrons. The summed E-state index contributed by atoms with van der Waals surface area (Å²) < 4.78 is 23.2. The van der Waals surface area contributed by atoms with Gasteiger partial charge in [-0.3, -0.25) is 9.36 Å². The van der Waals surface area contributed by atoms with Crippen LogP contribution in [0.25, 0.3) is 22.3 Å². The van der Waals surface area contributed by atoms with Gasteiger partial charge in [-0.1, -0.05) is 16.9 Å². The molecule has 9 nitrogen and oxygen atoms in total. The number of aromatic nitrogens is 4. The number of benzene rings is 2. The van der Waals surface area contributed by atoms with Gasteiger partial charge in [-0.2, -0.15) is 4.98 Å². The van der Waals surface area contributed by atoms with Crippen LogP contribution in [0.1, 0.15) is 12.3 Å². The van der Waals surface area contributed by atoms with Crippen molar-refractivity contribution in [3.8, 4) is 22.9 Å². The first-order valence-corrected chi connectivity index (χ1v) is 12.8. The highest BCUT2D eigenvalue weighted by Gasteiger charge is 2.20. The molecule has 0 amide bonds. The van der Waals surface area contributed by atoms with E-state index in [1.165, 1.54) is 16.7 Å². The predicted molar refractivity (Wildman–Crippen MR) is 130 cm³/mol. The molecule has 3 heterocycles. The average molecular weight is 499 g/mol.